The van der Waals surface area contributed by atoms with Crippen LogP contribution >= 0.6 is 11.3 Å². The average molecular weight is 375 g/mol. The average Bonchev–Trinajstić information content (AvgIpc) is 3.03. The number of esters is 1. The lowest BCUT2D eigenvalue weighted by Gasteiger charge is -2.44. The van der Waals surface area contributed by atoms with E-state index >= 15 is 0 Å². The number of aliphatic hydroxyl groups is 1. The van der Waals surface area contributed by atoms with Crippen molar-refractivity contribution in [3.8, 4) is 10.4 Å². The van der Waals surface area contributed by atoms with Gasteiger partial charge in [0, 0.05) is 11.9 Å². The number of ether oxygens (including phenoxy) is 1. The molecule has 0 saturated heterocycles. The molecule has 1 heterocycles. The summed E-state index contributed by atoms with van der Waals surface area (Å²) in [6, 6.07) is 5.91. The zero-order chi connectivity index (χ0) is 19.1. The molecule has 0 spiro atoms. The minimum Gasteiger partial charge on any atom is -0.469 e. The lowest BCUT2D eigenvalue weighted by molar-refractivity contribution is -0.157. The fraction of sp³-hybridized carbons (Fsp3) is 0.500. The zero-order valence-electron chi connectivity index (χ0n) is 15.7. The van der Waals surface area contributed by atoms with Crippen molar-refractivity contribution in [2.45, 2.75) is 45.6 Å². The Hall–Kier alpha value is -1.92. The molecule has 0 bridgehead atoms. The third-order valence-corrected chi connectivity index (χ3v) is 6.55. The van der Waals surface area contributed by atoms with Gasteiger partial charge in [0.15, 0.2) is 0 Å². The van der Waals surface area contributed by atoms with Gasteiger partial charge < -0.3 is 15.6 Å². The monoisotopic (exact) mass is 374 g/mol. The number of aromatic nitrogens is 1. The highest BCUT2D eigenvalue weighted by Gasteiger charge is 2.49. The second-order valence-corrected chi connectivity index (χ2v) is 9.00. The number of carbonyl (C=O) groups is 1. The molecule has 2 unspecified atom stereocenters. The van der Waals surface area contributed by atoms with Gasteiger partial charge in [-0.25, -0.2) is 4.98 Å². The summed E-state index contributed by atoms with van der Waals surface area (Å²) in [6.07, 6.45) is 3.36. The smallest absolute Gasteiger partial charge is 0.309 e. The molecule has 1 saturated carbocycles. The summed E-state index contributed by atoms with van der Waals surface area (Å²) in [4.78, 5) is 17.6. The Kier molecular flexibility index (Phi) is 4.84. The lowest BCUT2D eigenvalue weighted by atomic mass is 9.63. The van der Waals surface area contributed by atoms with Gasteiger partial charge in [-0.3, -0.25) is 4.79 Å². The van der Waals surface area contributed by atoms with Gasteiger partial charge in [-0.15, -0.1) is 11.3 Å². The SMILES string of the molecule is COC(=O)C1CCC(O)(c2ncc(-c3cc(C)cc(N)c3)s2)CC1(C)C. The van der Waals surface area contributed by atoms with Crippen molar-refractivity contribution in [1.82, 2.24) is 4.98 Å². The third kappa shape index (κ3) is 3.48. The van der Waals surface area contributed by atoms with Crippen LogP contribution in [0.5, 0.6) is 0 Å². The van der Waals surface area contributed by atoms with E-state index in [0.717, 1.165) is 16.0 Å². The number of nitrogen functional groups attached to an aromatic ring is 1. The van der Waals surface area contributed by atoms with Crippen LogP contribution in [-0.4, -0.2) is 23.2 Å². The summed E-state index contributed by atoms with van der Waals surface area (Å²) in [5.41, 5.74) is 7.39. The van der Waals surface area contributed by atoms with Crippen LogP contribution in [-0.2, 0) is 15.1 Å². The van der Waals surface area contributed by atoms with E-state index in [1.54, 1.807) is 6.20 Å². The van der Waals surface area contributed by atoms with E-state index in [2.05, 4.69) is 11.1 Å². The number of carbonyl (C=O) groups excluding carboxylic acids is 1. The number of methoxy groups -OCH3 is 1. The van der Waals surface area contributed by atoms with E-state index in [1.807, 2.05) is 32.9 Å². The predicted molar refractivity (Wildman–Crippen MR) is 104 cm³/mol. The van der Waals surface area contributed by atoms with E-state index < -0.39 is 5.60 Å². The van der Waals surface area contributed by atoms with Gasteiger partial charge in [-0.2, -0.15) is 0 Å². The second-order valence-electron chi connectivity index (χ2n) is 7.97. The molecule has 2 aromatic rings. The highest BCUT2D eigenvalue weighted by molar-refractivity contribution is 7.15. The van der Waals surface area contributed by atoms with E-state index in [0.29, 0.717) is 30.0 Å². The van der Waals surface area contributed by atoms with Gasteiger partial charge in [0.05, 0.1) is 17.9 Å². The van der Waals surface area contributed by atoms with Crippen LogP contribution in [0.2, 0.25) is 0 Å². The number of thiazole rings is 1. The van der Waals surface area contributed by atoms with Crippen molar-refractivity contribution in [2.75, 3.05) is 12.8 Å². The van der Waals surface area contributed by atoms with Crippen molar-refractivity contribution in [1.29, 1.82) is 0 Å². The van der Waals surface area contributed by atoms with Crippen LogP contribution in [0.4, 0.5) is 5.69 Å². The Morgan fingerprint density at radius 2 is 2.12 bits per heavy atom. The normalized spacial score (nSPS) is 25.0. The maximum Gasteiger partial charge on any atom is 0.309 e. The first kappa shape index (κ1) is 18.9. The Balaban J connectivity index is 1.88. The molecule has 0 aliphatic heterocycles. The maximum atomic E-state index is 12.1. The molecule has 1 aliphatic rings. The Bertz CT molecular complexity index is 810. The highest BCUT2D eigenvalue weighted by Crippen LogP contribution is 2.51. The topological polar surface area (TPSA) is 85.4 Å². The number of anilines is 1. The van der Waals surface area contributed by atoms with E-state index in [-0.39, 0.29) is 17.3 Å². The zero-order valence-corrected chi connectivity index (χ0v) is 16.5. The quantitative estimate of drug-likeness (QED) is 0.629. The fourth-order valence-corrected chi connectivity index (χ4v) is 5.10. The molecule has 5 nitrogen and oxygen atoms in total. The van der Waals surface area contributed by atoms with Gasteiger partial charge in [0.1, 0.15) is 10.6 Å². The molecule has 0 radical (unpaired) electrons. The molecule has 3 rings (SSSR count). The van der Waals surface area contributed by atoms with E-state index in [9.17, 15) is 9.90 Å². The molecule has 26 heavy (non-hydrogen) atoms. The summed E-state index contributed by atoms with van der Waals surface area (Å²) >= 11 is 1.49. The first-order valence-electron chi connectivity index (χ1n) is 8.79. The van der Waals surface area contributed by atoms with E-state index in [4.69, 9.17) is 10.5 Å². The number of nitrogens with zero attached hydrogens (tertiary/aromatic N) is 1. The van der Waals surface area contributed by atoms with Gasteiger partial charge >= 0.3 is 5.97 Å². The summed E-state index contributed by atoms with van der Waals surface area (Å²) in [5, 5.41) is 12.0. The molecule has 1 aromatic heterocycles. The molecule has 0 amide bonds. The van der Waals surface area contributed by atoms with Crippen molar-refractivity contribution in [3.63, 3.8) is 0 Å². The summed E-state index contributed by atoms with van der Waals surface area (Å²) < 4.78 is 4.94. The van der Waals surface area contributed by atoms with Crippen LogP contribution < -0.4 is 5.73 Å². The van der Waals surface area contributed by atoms with Crippen molar-refractivity contribution >= 4 is 23.0 Å². The third-order valence-electron chi connectivity index (χ3n) is 5.31. The number of rotatable bonds is 3. The summed E-state index contributed by atoms with van der Waals surface area (Å²) in [5.74, 6) is -0.407. The van der Waals surface area contributed by atoms with Crippen molar-refractivity contribution in [3.05, 3.63) is 35.0 Å². The number of nitrogens with two attached hydrogens (primary N) is 1. The number of aryl methyl sites for hydroxylation is 1. The van der Waals surface area contributed by atoms with Gasteiger partial charge in [0.25, 0.3) is 0 Å². The standard InChI is InChI=1S/C20H26N2O3S/c1-12-7-13(9-14(21)8-12)16-10-22-18(26-16)20(24)6-5-15(17(23)25-4)19(2,3)11-20/h7-10,15,24H,5-6,11,21H2,1-4H3. The Morgan fingerprint density at radius 3 is 2.73 bits per heavy atom. The molecule has 1 aliphatic carbocycles. The first-order valence-corrected chi connectivity index (χ1v) is 9.60. The number of hydrogen-bond donors (Lipinski definition) is 2. The van der Waals surface area contributed by atoms with Gasteiger partial charge in [0.2, 0.25) is 0 Å². The molecular formula is C20H26N2O3S. The Morgan fingerprint density at radius 1 is 1.38 bits per heavy atom. The Labute approximate surface area is 158 Å². The van der Waals surface area contributed by atoms with Crippen LogP contribution in [0.25, 0.3) is 10.4 Å². The fourth-order valence-electron chi connectivity index (χ4n) is 4.08. The van der Waals surface area contributed by atoms with Crippen LogP contribution in [0, 0.1) is 18.3 Å². The first-order chi connectivity index (χ1) is 12.1. The van der Waals surface area contributed by atoms with Gasteiger partial charge in [-0.05, 0) is 54.9 Å². The van der Waals surface area contributed by atoms with Crippen LogP contribution in [0.1, 0.15) is 43.7 Å². The predicted octanol–water partition coefficient (Wildman–Crippen LogP) is 3.89. The highest BCUT2D eigenvalue weighted by atomic mass is 32.1. The minimum absolute atomic E-state index is 0.202. The summed E-state index contributed by atoms with van der Waals surface area (Å²) in [6.45, 7) is 6.02. The minimum atomic E-state index is -1.02. The largest absolute Gasteiger partial charge is 0.469 e. The van der Waals surface area contributed by atoms with Crippen LogP contribution in [0.15, 0.2) is 24.4 Å². The second kappa shape index (κ2) is 6.67. The van der Waals surface area contributed by atoms with E-state index in [1.165, 1.54) is 18.4 Å². The molecule has 2 atom stereocenters. The molecule has 1 fully saturated rings. The lowest BCUT2D eigenvalue weighted by Crippen LogP contribution is -2.45. The van der Waals surface area contributed by atoms with Crippen LogP contribution in [0.3, 0.4) is 0 Å². The summed E-state index contributed by atoms with van der Waals surface area (Å²) in [7, 11) is 1.42. The van der Waals surface area contributed by atoms with Gasteiger partial charge in [-0.1, -0.05) is 19.9 Å². The molecular weight excluding hydrogens is 348 g/mol. The molecule has 3 N–H and O–H groups in total. The number of hydrogen-bond acceptors (Lipinski definition) is 6. The molecule has 6 heteroatoms. The molecule has 1 aromatic carbocycles. The number of benzene rings is 1. The van der Waals surface area contributed by atoms with Crippen molar-refractivity contribution in [2.24, 2.45) is 11.3 Å². The maximum absolute atomic E-state index is 12.1. The molecule has 140 valence electrons. The van der Waals surface area contributed by atoms with Crippen molar-refractivity contribution < 1.29 is 14.6 Å².